The molecule has 0 unspecified atom stereocenters. The summed E-state index contributed by atoms with van der Waals surface area (Å²) in [5.74, 6) is 0.664. The van der Waals surface area contributed by atoms with Crippen LogP contribution in [0.2, 0.25) is 0 Å². The van der Waals surface area contributed by atoms with E-state index in [-0.39, 0.29) is 5.63 Å². The molecule has 1 atom stereocenters. The van der Waals surface area contributed by atoms with Crippen molar-refractivity contribution in [3.05, 3.63) is 58.5 Å². The summed E-state index contributed by atoms with van der Waals surface area (Å²) in [7, 11) is 4.24. The van der Waals surface area contributed by atoms with E-state index in [9.17, 15) is 4.79 Å². The average molecular weight is 418 g/mol. The molecule has 31 heavy (non-hydrogen) atoms. The molecule has 0 saturated carbocycles. The molecule has 1 aliphatic rings. The van der Waals surface area contributed by atoms with Gasteiger partial charge in [-0.3, -0.25) is 4.98 Å². The molecule has 3 aromatic heterocycles. The highest BCUT2D eigenvalue weighted by atomic mass is 16.4. The summed E-state index contributed by atoms with van der Waals surface area (Å²) in [6.07, 6.45) is 4.95. The number of imidazole rings is 1. The summed E-state index contributed by atoms with van der Waals surface area (Å²) < 4.78 is 7.65. The van der Waals surface area contributed by atoms with Crippen molar-refractivity contribution in [1.82, 2.24) is 19.3 Å². The fraction of sp³-hybridized carbons (Fsp3) is 0.375. The summed E-state index contributed by atoms with van der Waals surface area (Å²) in [5.41, 5.74) is 4.89. The van der Waals surface area contributed by atoms with Crippen LogP contribution < -0.4 is 10.5 Å². The second kappa shape index (κ2) is 7.50. The highest BCUT2D eigenvalue weighted by molar-refractivity contribution is 5.84. The summed E-state index contributed by atoms with van der Waals surface area (Å²) in [4.78, 5) is 26.5. The first-order valence-electron chi connectivity index (χ1n) is 10.7. The van der Waals surface area contributed by atoms with Gasteiger partial charge in [0, 0.05) is 49.2 Å². The van der Waals surface area contributed by atoms with Gasteiger partial charge in [-0.2, -0.15) is 0 Å². The maximum Gasteiger partial charge on any atom is 0.345 e. The second-order valence-electron chi connectivity index (χ2n) is 8.86. The summed E-state index contributed by atoms with van der Waals surface area (Å²) >= 11 is 0. The van der Waals surface area contributed by atoms with Crippen LogP contribution in [0.3, 0.4) is 0 Å². The van der Waals surface area contributed by atoms with Crippen molar-refractivity contribution < 1.29 is 4.42 Å². The van der Waals surface area contributed by atoms with Crippen LogP contribution in [0.15, 0.2) is 45.9 Å². The van der Waals surface area contributed by atoms with E-state index in [2.05, 4.69) is 39.9 Å². The Morgan fingerprint density at radius 1 is 1.16 bits per heavy atom. The average Bonchev–Trinajstić information content (AvgIpc) is 3.33. The molecule has 7 heteroatoms. The zero-order valence-corrected chi connectivity index (χ0v) is 18.4. The number of rotatable bonds is 4. The molecule has 7 nitrogen and oxygen atoms in total. The van der Waals surface area contributed by atoms with Gasteiger partial charge in [0.15, 0.2) is 5.65 Å². The van der Waals surface area contributed by atoms with Gasteiger partial charge in [-0.15, -0.1) is 0 Å². The molecule has 5 rings (SSSR count). The molecule has 1 fully saturated rings. The lowest BCUT2D eigenvalue weighted by atomic mass is 10.1. The monoisotopic (exact) mass is 417 g/mol. The molecule has 1 aliphatic heterocycles. The zero-order valence-electron chi connectivity index (χ0n) is 18.4. The molecular weight excluding hydrogens is 390 g/mol. The van der Waals surface area contributed by atoms with Crippen LogP contribution in [0.4, 0.5) is 5.69 Å². The number of benzene rings is 1. The molecular formula is C24H27N5O2. The van der Waals surface area contributed by atoms with Gasteiger partial charge in [-0.1, -0.05) is 0 Å². The minimum absolute atomic E-state index is 0.373. The first-order chi connectivity index (χ1) is 14.9. The molecule has 0 bridgehead atoms. The molecule has 160 valence electrons. The van der Waals surface area contributed by atoms with Gasteiger partial charge in [0.1, 0.15) is 5.58 Å². The van der Waals surface area contributed by atoms with Crippen LogP contribution >= 0.6 is 0 Å². The van der Waals surface area contributed by atoms with Crippen LogP contribution in [-0.2, 0) is 0 Å². The third-order valence-corrected chi connectivity index (χ3v) is 6.00. The minimum atomic E-state index is -0.373. The molecule has 0 aliphatic carbocycles. The van der Waals surface area contributed by atoms with E-state index in [1.54, 1.807) is 0 Å². The largest absolute Gasteiger partial charge is 0.422 e. The van der Waals surface area contributed by atoms with E-state index in [1.807, 2.05) is 48.8 Å². The Kier molecular flexibility index (Phi) is 4.78. The van der Waals surface area contributed by atoms with Crippen LogP contribution in [0.25, 0.3) is 27.9 Å². The standard InChI is InChI=1S/C24H27N5O2/c1-15-11-29-14-21(26-23(29)16(2)25-15)20-9-18-5-6-19(10-22(18)31-24(20)30)28-8-7-17(13-28)12-27(3)4/h5-6,9-11,14,17H,7-8,12-13H2,1-4H3/t17-/m0/s1. The lowest BCUT2D eigenvalue weighted by Gasteiger charge is -2.20. The summed E-state index contributed by atoms with van der Waals surface area (Å²) in [6, 6.07) is 8.01. The lowest BCUT2D eigenvalue weighted by molar-refractivity contribution is 0.340. The first-order valence-corrected chi connectivity index (χ1v) is 10.7. The lowest BCUT2D eigenvalue weighted by Crippen LogP contribution is -2.25. The van der Waals surface area contributed by atoms with Crippen LogP contribution in [-0.4, -0.2) is 53.0 Å². The Morgan fingerprint density at radius 3 is 2.81 bits per heavy atom. The Balaban J connectivity index is 1.49. The highest BCUT2D eigenvalue weighted by Crippen LogP contribution is 2.29. The zero-order chi connectivity index (χ0) is 21.7. The number of anilines is 1. The molecule has 0 amide bonds. The van der Waals surface area contributed by atoms with Crippen molar-refractivity contribution in [3.63, 3.8) is 0 Å². The summed E-state index contributed by atoms with van der Waals surface area (Å²) in [5, 5.41) is 0.894. The van der Waals surface area contributed by atoms with Gasteiger partial charge < -0.3 is 18.6 Å². The van der Waals surface area contributed by atoms with E-state index in [0.717, 1.165) is 47.7 Å². The van der Waals surface area contributed by atoms with Crippen molar-refractivity contribution in [3.8, 4) is 11.3 Å². The molecule has 1 aromatic carbocycles. The van der Waals surface area contributed by atoms with Gasteiger partial charge >= 0.3 is 5.63 Å². The van der Waals surface area contributed by atoms with Gasteiger partial charge in [0.05, 0.1) is 22.6 Å². The van der Waals surface area contributed by atoms with Crippen molar-refractivity contribution >= 4 is 22.3 Å². The fourth-order valence-electron chi connectivity index (χ4n) is 4.64. The third kappa shape index (κ3) is 3.70. The van der Waals surface area contributed by atoms with Crippen molar-refractivity contribution in [2.75, 3.05) is 38.6 Å². The Hall–Kier alpha value is -3.19. The number of nitrogens with zero attached hydrogens (tertiary/aromatic N) is 5. The SMILES string of the molecule is Cc1cn2cc(-c3cc4ccc(N5CC[C@@H](CN(C)C)C5)cc4oc3=O)nc2c(C)n1. The van der Waals surface area contributed by atoms with Gasteiger partial charge in [0.2, 0.25) is 0 Å². The predicted molar refractivity (Wildman–Crippen MR) is 123 cm³/mol. The van der Waals surface area contributed by atoms with Crippen molar-refractivity contribution in [2.24, 2.45) is 5.92 Å². The molecule has 1 saturated heterocycles. The summed E-state index contributed by atoms with van der Waals surface area (Å²) in [6.45, 7) is 7.01. The van der Waals surface area contributed by atoms with Crippen molar-refractivity contribution in [2.45, 2.75) is 20.3 Å². The van der Waals surface area contributed by atoms with Gasteiger partial charge in [0.25, 0.3) is 0 Å². The molecule has 0 N–H and O–H groups in total. The van der Waals surface area contributed by atoms with Crippen LogP contribution in [0.1, 0.15) is 17.8 Å². The second-order valence-corrected chi connectivity index (χ2v) is 8.86. The van der Waals surface area contributed by atoms with E-state index >= 15 is 0 Å². The van der Waals surface area contributed by atoms with Crippen LogP contribution in [0, 0.1) is 19.8 Å². The first kappa shape index (κ1) is 19.8. The predicted octanol–water partition coefficient (Wildman–Crippen LogP) is 3.51. The maximum atomic E-state index is 12.8. The van der Waals surface area contributed by atoms with E-state index in [4.69, 9.17) is 4.42 Å². The van der Waals surface area contributed by atoms with Crippen LogP contribution in [0.5, 0.6) is 0 Å². The molecule has 0 spiro atoms. The quantitative estimate of drug-likeness (QED) is 0.474. The van der Waals surface area contributed by atoms with Crippen molar-refractivity contribution in [1.29, 1.82) is 0 Å². The maximum absolute atomic E-state index is 12.8. The highest BCUT2D eigenvalue weighted by Gasteiger charge is 2.23. The van der Waals surface area contributed by atoms with E-state index < -0.39 is 0 Å². The molecule has 0 radical (unpaired) electrons. The molecule has 4 heterocycles. The number of fused-ring (bicyclic) bond motifs is 2. The smallest absolute Gasteiger partial charge is 0.345 e. The topological polar surface area (TPSA) is 66.9 Å². The molecule has 4 aromatic rings. The Labute approximate surface area is 180 Å². The number of hydrogen-bond donors (Lipinski definition) is 0. The normalized spacial score (nSPS) is 16.8. The Bertz CT molecular complexity index is 1340. The van der Waals surface area contributed by atoms with E-state index in [1.165, 1.54) is 6.42 Å². The number of aryl methyl sites for hydroxylation is 2. The minimum Gasteiger partial charge on any atom is -0.422 e. The number of hydrogen-bond acceptors (Lipinski definition) is 6. The third-order valence-electron chi connectivity index (χ3n) is 6.00. The fourth-order valence-corrected chi connectivity index (χ4v) is 4.64. The van der Waals surface area contributed by atoms with Gasteiger partial charge in [-0.25, -0.2) is 9.78 Å². The Morgan fingerprint density at radius 2 is 2.00 bits per heavy atom. The number of aromatic nitrogens is 3. The van der Waals surface area contributed by atoms with E-state index in [0.29, 0.717) is 22.8 Å². The van der Waals surface area contributed by atoms with Gasteiger partial charge in [-0.05, 0) is 58.5 Å².